The van der Waals surface area contributed by atoms with Gasteiger partial charge in [0.15, 0.2) is 0 Å². The highest BCUT2D eigenvalue weighted by Crippen LogP contribution is 2.36. The van der Waals surface area contributed by atoms with E-state index in [1.165, 1.54) is 4.90 Å². The van der Waals surface area contributed by atoms with Gasteiger partial charge >= 0.3 is 6.03 Å². The summed E-state index contributed by atoms with van der Waals surface area (Å²) >= 11 is 7.78. The lowest BCUT2D eigenvalue weighted by Crippen LogP contribution is -2.33. The number of aliphatic hydroxyl groups is 1. The number of urea groups is 1. The molecular weight excluding hydrogens is 284 g/mol. The van der Waals surface area contributed by atoms with Crippen LogP contribution in [-0.4, -0.2) is 41.5 Å². The Morgan fingerprint density at radius 3 is 2.79 bits per heavy atom. The summed E-state index contributed by atoms with van der Waals surface area (Å²) in [5, 5.41) is 12.6. The summed E-state index contributed by atoms with van der Waals surface area (Å²) < 4.78 is 0. The lowest BCUT2D eigenvalue weighted by molar-refractivity contribution is 0.202. The van der Waals surface area contributed by atoms with Crippen LogP contribution in [0.15, 0.2) is 23.1 Å². The molecule has 0 saturated carbocycles. The molecule has 2 N–H and O–H groups in total. The highest BCUT2D eigenvalue weighted by atomic mass is 35.5. The van der Waals surface area contributed by atoms with Crippen molar-refractivity contribution in [1.29, 1.82) is 0 Å². The second kappa shape index (κ2) is 7.62. The van der Waals surface area contributed by atoms with Gasteiger partial charge in [0, 0.05) is 23.7 Å². The highest BCUT2D eigenvalue weighted by molar-refractivity contribution is 8.00. The number of halogens is 1. The fourth-order valence-corrected chi connectivity index (χ4v) is 2.63. The van der Waals surface area contributed by atoms with Gasteiger partial charge in [-0.2, -0.15) is 0 Å². The normalized spacial score (nSPS) is 10.6. The fraction of sp³-hybridized carbons (Fsp3) is 0.462. The van der Waals surface area contributed by atoms with Crippen LogP contribution in [0.1, 0.15) is 13.8 Å². The Balaban J connectivity index is 2.88. The number of hydrogen-bond acceptors (Lipinski definition) is 3. The van der Waals surface area contributed by atoms with Crippen LogP contribution in [0.5, 0.6) is 0 Å². The van der Waals surface area contributed by atoms with Gasteiger partial charge in [0.25, 0.3) is 0 Å². The Labute approximate surface area is 123 Å². The van der Waals surface area contributed by atoms with E-state index in [1.54, 1.807) is 30.9 Å². The summed E-state index contributed by atoms with van der Waals surface area (Å²) in [7, 11) is 1.63. The minimum Gasteiger partial charge on any atom is -0.395 e. The molecule has 19 heavy (non-hydrogen) atoms. The minimum absolute atomic E-state index is 0.0624. The fourth-order valence-electron chi connectivity index (χ4n) is 1.42. The number of nitrogens with one attached hydrogen (secondary N) is 1. The molecule has 0 aliphatic rings. The Bertz CT molecular complexity index is 441. The molecule has 1 rings (SSSR count). The first-order chi connectivity index (χ1) is 8.95. The topological polar surface area (TPSA) is 52.6 Å². The lowest BCUT2D eigenvalue weighted by Gasteiger charge is -2.19. The number of anilines is 1. The van der Waals surface area contributed by atoms with E-state index in [9.17, 15) is 4.79 Å². The van der Waals surface area contributed by atoms with E-state index in [0.717, 1.165) is 4.90 Å². The van der Waals surface area contributed by atoms with Gasteiger partial charge in [-0.3, -0.25) is 0 Å². The summed E-state index contributed by atoms with van der Waals surface area (Å²) in [5.74, 6) is 0. The highest BCUT2D eigenvalue weighted by Gasteiger charge is 2.14. The third kappa shape index (κ3) is 4.93. The molecule has 1 aromatic carbocycles. The van der Waals surface area contributed by atoms with Gasteiger partial charge in [-0.15, -0.1) is 11.8 Å². The van der Waals surface area contributed by atoms with E-state index in [2.05, 4.69) is 19.2 Å². The predicted octanol–water partition coefficient (Wildman–Crippen LogP) is 3.30. The number of carbonyl (C=O) groups excluding carboxylic acids is 1. The van der Waals surface area contributed by atoms with Crippen molar-refractivity contribution in [1.82, 2.24) is 4.90 Å². The Morgan fingerprint density at radius 2 is 2.21 bits per heavy atom. The molecule has 2 amide bonds. The zero-order valence-corrected chi connectivity index (χ0v) is 12.9. The number of amides is 2. The maximum Gasteiger partial charge on any atom is 0.321 e. The summed E-state index contributed by atoms with van der Waals surface area (Å²) in [6, 6.07) is 5.16. The maximum atomic E-state index is 11.9. The zero-order valence-electron chi connectivity index (χ0n) is 11.3. The summed E-state index contributed by atoms with van der Waals surface area (Å²) in [6.07, 6.45) is 0. The number of aliphatic hydroxyl groups excluding tert-OH is 1. The number of benzene rings is 1. The number of rotatable bonds is 5. The van der Waals surface area contributed by atoms with Crippen molar-refractivity contribution in [3.05, 3.63) is 23.2 Å². The molecule has 0 saturated heterocycles. The van der Waals surface area contributed by atoms with Crippen molar-refractivity contribution in [2.24, 2.45) is 0 Å². The molecule has 4 nitrogen and oxygen atoms in total. The van der Waals surface area contributed by atoms with E-state index in [-0.39, 0.29) is 12.6 Å². The average Bonchev–Trinajstić information content (AvgIpc) is 2.33. The molecule has 0 bridgehead atoms. The van der Waals surface area contributed by atoms with E-state index in [0.29, 0.717) is 22.5 Å². The number of carbonyl (C=O) groups is 1. The smallest absolute Gasteiger partial charge is 0.321 e. The first-order valence-corrected chi connectivity index (χ1v) is 7.29. The van der Waals surface area contributed by atoms with Gasteiger partial charge in [0.05, 0.1) is 17.3 Å². The SMILES string of the molecule is CC(C)Sc1c(Cl)cccc1NC(=O)N(C)CCO. The van der Waals surface area contributed by atoms with Crippen LogP contribution in [0.2, 0.25) is 5.02 Å². The number of nitrogens with zero attached hydrogens (tertiary/aromatic N) is 1. The molecule has 0 aromatic heterocycles. The Kier molecular flexibility index (Phi) is 6.48. The van der Waals surface area contributed by atoms with Gasteiger partial charge in [0.2, 0.25) is 0 Å². The maximum absolute atomic E-state index is 11.9. The molecule has 0 atom stereocenters. The minimum atomic E-state index is -0.262. The van der Waals surface area contributed by atoms with Crippen molar-refractivity contribution < 1.29 is 9.90 Å². The number of likely N-dealkylation sites (N-methyl/N-ethyl adjacent to an activating group) is 1. The summed E-state index contributed by atoms with van der Waals surface area (Å²) in [5.41, 5.74) is 0.695. The number of hydrogen-bond donors (Lipinski definition) is 2. The molecule has 0 aliphatic heterocycles. The monoisotopic (exact) mass is 302 g/mol. The molecular formula is C13H19ClN2O2S. The summed E-state index contributed by atoms with van der Waals surface area (Å²) in [4.78, 5) is 14.2. The molecule has 0 radical (unpaired) electrons. The standard InChI is InChI=1S/C13H19ClN2O2S/c1-9(2)19-12-10(14)5-4-6-11(12)15-13(18)16(3)7-8-17/h4-6,9,17H,7-8H2,1-3H3,(H,15,18). The van der Waals surface area contributed by atoms with Crippen LogP contribution < -0.4 is 5.32 Å². The summed E-state index contributed by atoms with van der Waals surface area (Å²) in [6.45, 7) is 4.36. The van der Waals surface area contributed by atoms with Crippen molar-refractivity contribution in [2.75, 3.05) is 25.5 Å². The molecule has 0 fully saturated rings. The van der Waals surface area contributed by atoms with Crippen molar-refractivity contribution in [3.63, 3.8) is 0 Å². The largest absolute Gasteiger partial charge is 0.395 e. The molecule has 0 heterocycles. The van der Waals surface area contributed by atoms with E-state index in [1.807, 2.05) is 6.07 Å². The molecule has 0 unspecified atom stereocenters. The van der Waals surface area contributed by atoms with Gasteiger partial charge in [-0.25, -0.2) is 4.79 Å². The van der Waals surface area contributed by atoms with E-state index < -0.39 is 0 Å². The average molecular weight is 303 g/mol. The first kappa shape index (κ1) is 16.1. The third-order valence-electron chi connectivity index (χ3n) is 2.34. The zero-order chi connectivity index (χ0) is 14.4. The van der Waals surface area contributed by atoms with Crippen LogP contribution in [-0.2, 0) is 0 Å². The Morgan fingerprint density at radius 1 is 1.53 bits per heavy atom. The van der Waals surface area contributed by atoms with E-state index >= 15 is 0 Å². The first-order valence-electron chi connectivity index (χ1n) is 6.03. The predicted molar refractivity (Wildman–Crippen MR) is 81.2 cm³/mol. The second-order valence-electron chi connectivity index (χ2n) is 4.36. The van der Waals surface area contributed by atoms with Crippen molar-refractivity contribution in [2.45, 2.75) is 24.0 Å². The molecule has 6 heteroatoms. The van der Waals surface area contributed by atoms with Gasteiger partial charge < -0.3 is 15.3 Å². The second-order valence-corrected chi connectivity index (χ2v) is 6.35. The molecule has 106 valence electrons. The number of thioether (sulfide) groups is 1. The van der Waals surface area contributed by atoms with Crippen LogP contribution in [0.4, 0.5) is 10.5 Å². The van der Waals surface area contributed by atoms with Crippen LogP contribution >= 0.6 is 23.4 Å². The van der Waals surface area contributed by atoms with E-state index in [4.69, 9.17) is 16.7 Å². The van der Waals surface area contributed by atoms with Gasteiger partial charge in [-0.1, -0.05) is 31.5 Å². The molecule has 0 aliphatic carbocycles. The van der Waals surface area contributed by atoms with Crippen LogP contribution in [0.25, 0.3) is 0 Å². The van der Waals surface area contributed by atoms with Crippen molar-refractivity contribution >= 4 is 35.1 Å². The van der Waals surface area contributed by atoms with Gasteiger partial charge in [-0.05, 0) is 12.1 Å². The quantitative estimate of drug-likeness (QED) is 0.821. The third-order valence-corrected chi connectivity index (χ3v) is 3.92. The van der Waals surface area contributed by atoms with Crippen molar-refractivity contribution in [3.8, 4) is 0 Å². The van der Waals surface area contributed by atoms with Crippen LogP contribution in [0.3, 0.4) is 0 Å². The van der Waals surface area contributed by atoms with Gasteiger partial charge in [0.1, 0.15) is 0 Å². The molecule has 1 aromatic rings. The Hall–Kier alpha value is -0.910. The lowest BCUT2D eigenvalue weighted by atomic mass is 10.3. The van der Waals surface area contributed by atoms with Crippen LogP contribution in [0, 0.1) is 0 Å². The molecule has 0 spiro atoms.